The zero-order valence-electron chi connectivity index (χ0n) is 9.93. The molecule has 0 amide bonds. The first kappa shape index (κ1) is 12.5. The summed E-state index contributed by atoms with van der Waals surface area (Å²) in [5, 5.41) is 17.8. The summed E-state index contributed by atoms with van der Waals surface area (Å²) in [5.74, 6) is 0. The van der Waals surface area contributed by atoms with Crippen LogP contribution in [0.4, 0.5) is 0 Å². The fourth-order valence-corrected chi connectivity index (χ4v) is 3.09. The van der Waals surface area contributed by atoms with Gasteiger partial charge in [-0.25, -0.2) is 0 Å². The third-order valence-corrected chi connectivity index (χ3v) is 4.22. The summed E-state index contributed by atoms with van der Waals surface area (Å²) in [7, 11) is 0. The van der Waals surface area contributed by atoms with Crippen LogP contribution in [-0.4, -0.2) is 32.9 Å². The van der Waals surface area contributed by atoms with Gasteiger partial charge in [0.1, 0.15) is 9.88 Å². The monoisotopic (exact) mass is 269 g/mol. The second kappa shape index (κ2) is 6.13. The van der Waals surface area contributed by atoms with E-state index in [-0.39, 0.29) is 0 Å². The zero-order chi connectivity index (χ0) is 12.1. The average Bonchev–Trinajstić information content (AvgIpc) is 2.96. The largest absolute Gasteiger partial charge is 0.317 e. The Morgan fingerprint density at radius 2 is 2.06 bits per heavy atom. The summed E-state index contributed by atoms with van der Waals surface area (Å²) in [6.45, 7) is 6.12. The van der Waals surface area contributed by atoms with Crippen LogP contribution in [0.5, 0.6) is 0 Å². The first-order valence-corrected chi connectivity index (χ1v) is 7.28. The van der Waals surface area contributed by atoms with Crippen LogP contribution in [0, 0.1) is 0 Å². The lowest BCUT2D eigenvalue weighted by atomic mass is 10.3. The molecule has 0 bridgehead atoms. The van der Waals surface area contributed by atoms with Crippen LogP contribution in [0.1, 0.15) is 24.5 Å². The Labute approximate surface area is 108 Å². The van der Waals surface area contributed by atoms with Gasteiger partial charge in [-0.15, -0.1) is 15.3 Å². The predicted molar refractivity (Wildman–Crippen MR) is 70.4 cm³/mol. The summed E-state index contributed by atoms with van der Waals surface area (Å²) in [6.07, 6.45) is 1.82. The van der Waals surface area contributed by atoms with Gasteiger partial charge in [-0.3, -0.25) is 0 Å². The Hall–Kier alpha value is -0.920. The van der Waals surface area contributed by atoms with E-state index in [0.29, 0.717) is 0 Å². The van der Waals surface area contributed by atoms with E-state index in [9.17, 15) is 0 Å². The number of rotatable bonds is 6. The minimum absolute atomic E-state index is 0.887. The minimum atomic E-state index is 0.887. The number of nitrogens with zero attached hydrogens (tertiary/aromatic N) is 4. The number of nitrogens with one attached hydrogen (secondary N) is 1. The average molecular weight is 269 g/mol. The summed E-state index contributed by atoms with van der Waals surface area (Å²) >= 11 is 3.04. The molecular formula is C10H15N5S2. The van der Waals surface area contributed by atoms with Crippen molar-refractivity contribution in [2.24, 2.45) is 0 Å². The molecule has 0 spiro atoms. The highest BCUT2D eigenvalue weighted by molar-refractivity contribution is 7.19. The maximum absolute atomic E-state index is 4.22. The molecule has 7 heteroatoms. The molecule has 0 saturated carbocycles. The summed E-state index contributed by atoms with van der Waals surface area (Å²) in [6, 6.07) is 0. The number of hydrogen-bond acceptors (Lipinski definition) is 7. The summed E-state index contributed by atoms with van der Waals surface area (Å²) < 4.78 is 3.97. The molecule has 0 aliphatic carbocycles. The van der Waals surface area contributed by atoms with Crippen molar-refractivity contribution >= 4 is 22.9 Å². The molecule has 0 aliphatic heterocycles. The zero-order valence-corrected chi connectivity index (χ0v) is 11.6. The maximum Gasteiger partial charge on any atom is 0.161 e. The van der Waals surface area contributed by atoms with Crippen molar-refractivity contribution in [1.82, 2.24) is 25.1 Å². The van der Waals surface area contributed by atoms with Crippen LogP contribution >= 0.6 is 22.9 Å². The highest BCUT2D eigenvalue weighted by Crippen LogP contribution is 2.29. The van der Waals surface area contributed by atoms with Crippen LogP contribution in [0.25, 0.3) is 9.88 Å². The molecule has 2 aromatic heterocycles. The van der Waals surface area contributed by atoms with Crippen LogP contribution in [0.2, 0.25) is 0 Å². The SMILES string of the molecule is CCNCCc1nnc(-c2snnc2CC)s1. The second-order valence-corrected chi connectivity index (χ2v) is 5.32. The quantitative estimate of drug-likeness (QED) is 0.810. The van der Waals surface area contributed by atoms with Crippen molar-refractivity contribution in [3.05, 3.63) is 10.7 Å². The first-order valence-electron chi connectivity index (χ1n) is 5.69. The van der Waals surface area contributed by atoms with E-state index >= 15 is 0 Å². The topological polar surface area (TPSA) is 63.6 Å². The Morgan fingerprint density at radius 3 is 2.82 bits per heavy atom. The number of aryl methyl sites for hydroxylation is 1. The van der Waals surface area contributed by atoms with Crippen LogP contribution < -0.4 is 5.32 Å². The predicted octanol–water partition coefficient (Wildman–Crippen LogP) is 1.77. The molecule has 0 atom stereocenters. The highest BCUT2D eigenvalue weighted by atomic mass is 32.1. The summed E-state index contributed by atoms with van der Waals surface area (Å²) in [4.78, 5) is 1.07. The van der Waals surface area contributed by atoms with Gasteiger partial charge in [0.15, 0.2) is 5.01 Å². The van der Waals surface area contributed by atoms with Gasteiger partial charge in [-0.05, 0) is 24.5 Å². The Kier molecular flexibility index (Phi) is 4.52. The second-order valence-electron chi connectivity index (χ2n) is 3.51. The van der Waals surface area contributed by atoms with Crippen molar-refractivity contribution in [1.29, 1.82) is 0 Å². The molecule has 0 aliphatic rings. The van der Waals surface area contributed by atoms with Gasteiger partial charge < -0.3 is 5.32 Å². The molecular weight excluding hydrogens is 254 g/mol. The molecule has 92 valence electrons. The van der Waals surface area contributed by atoms with E-state index in [1.54, 1.807) is 11.3 Å². The van der Waals surface area contributed by atoms with Crippen molar-refractivity contribution in [2.75, 3.05) is 13.1 Å². The van der Waals surface area contributed by atoms with Crippen molar-refractivity contribution in [3.63, 3.8) is 0 Å². The Morgan fingerprint density at radius 1 is 1.18 bits per heavy atom. The van der Waals surface area contributed by atoms with Gasteiger partial charge in [-0.1, -0.05) is 29.7 Å². The van der Waals surface area contributed by atoms with Crippen molar-refractivity contribution < 1.29 is 0 Å². The van der Waals surface area contributed by atoms with E-state index in [1.807, 2.05) is 0 Å². The molecule has 17 heavy (non-hydrogen) atoms. The highest BCUT2D eigenvalue weighted by Gasteiger charge is 2.13. The fraction of sp³-hybridized carbons (Fsp3) is 0.600. The lowest BCUT2D eigenvalue weighted by Crippen LogP contribution is -2.15. The van der Waals surface area contributed by atoms with Crippen molar-refractivity contribution in [2.45, 2.75) is 26.7 Å². The van der Waals surface area contributed by atoms with E-state index in [0.717, 1.165) is 46.5 Å². The van der Waals surface area contributed by atoms with Gasteiger partial charge in [0, 0.05) is 13.0 Å². The number of likely N-dealkylation sites (N-methyl/N-ethyl adjacent to an activating group) is 1. The van der Waals surface area contributed by atoms with E-state index in [1.165, 1.54) is 11.5 Å². The third kappa shape index (κ3) is 3.05. The molecule has 1 N–H and O–H groups in total. The minimum Gasteiger partial charge on any atom is -0.317 e. The molecule has 2 aromatic rings. The molecule has 0 aromatic carbocycles. The lowest BCUT2D eigenvalue weighted by molar-refractivity contribution is 0.710. The van der Waals surface area contributed by atoms with Crippen LogP contribution in [-0.2, 0) is 12.8 Å². The van der Waals surface area contributed by atoms with Gasteiger partial charge in [0.2, 0.25) is 0 Å². The van der Waals surface area contributed by atoms with Gasteiger partial charge in [-0.2, -0.15) is 0 Å². The Balaban J connectivity index is 2.07. The Bertz CT molecular complexity index is 465. The van der Waals surface area contributed by atoms with E-state index in [2.05, 4.69) is 38.9 Å². The molecule has 0 unspecified atom stereocenters. The number of aromatic nitrogens is 4. The van der Waals surface area contributed by atoms with Crippen LogP contribution in [0.3, 0.4) is 0 Å². The fourth-order valence-electron chi connectivity index (χ4n) is 1.42. The molecule has 5 nitrogen and oxygen atoms in total. The first-order chi connectivity index (χ1) is 8.35. The molecule has 2 heterocycles. The third-order valence-electron chi connectivity index (χ3n) is 2.32. The normalized spacial score (nSPS) is 10.9. The van der Waals surface area contributed by atoms with Crippen LogP contribution in [0.15, 0.2) is 0 Å². The van der Waals surface area contributed by atoms with Gasteiger partial charge in [0.05, 0.1) is 5.69 Å². The molecule has 0 radical (unpaired) electrons. The van der Waals surface area contributed by atoms with Crippen molar-refractivity contribution in [3.8, 4) is 9.88 Å². The molecule has 0 fully saturated rings. The lowest BCUT2D eigenvalue weighted by Gasteiger charge is -1.95. The standard InChI is InChI=1S/C10H15N5S2/c1-3-7-9(17-15-12-7)10-14-13-8(16-10)5-6-11-4-2/h11H,3-6H2,1-2H3. The maximum atomic E-state index is 4.22. The molecule has 0 saturated heterocycles. The van der Waals surface area contributed by atoms with E-state index < -0.39 is 0 Å². The van der Waals surface area contributed by atoms with Gasteiger partial charge in [0.25, 0.3) is 0 Å². The smallest absolute Gasteiger partial charge is 0.161 e. The number of hydrogen-bond donors (Lipinski definition) is 1. The van der Waals surface area contributed by atoms with E-state index in [4.69, 9.17) is 0 Å². The molecule has 2 rings (SSSR count). The summed E-state index contributed by atoms with van der Waals surface area (Å²) in [5.41, 5.74) is 1.02. The van der Waals surface area contributed by atoms with Gasteiger partial charge >= 0.3 is 0 Å².